The Labute approximate surface area is 137 Å². The molecule has 7 heteroatoms. The molecule has 0 aromatic carbocycles. The molecule has 23 heavy (non-hydrogen) atoms. The van der Waals surface area contributed by atoms with Crippen LogP contribution in [0, 0.1) is 0 Å². The second-order valence-electron chi connectivity index (χ2n) is 6.61. The van der Waals surface area contributed by atoms with Crippen LogP contribution < -0.4 is 5.32 Å². The van der Waals surface area contributed by atoms with Crippen molar-refractivity contribution in [1.82, 2.24) is 24.9 Å². The normalized spacial score (nSPS) is 22.6. The quantitative estimate of drug-likeness (QED) is 0.901. The summed E-state index contributed by atoms with van der Waals surface area (Å²) in [5, 5.41) is 7.45. The highest BCUT2D eigenvalue weighted by atomic mass is 16.5. The number of amides is 2. The number of aromatic nitrogens is 2. The highest BCUT2D eigenvalue weighted by Gasteiger charge is 2.30. The second-order valence-corrected chi connectivity index (χ2v) is 6.61. The number of hydrogen-bond acceptors (Lipinski definition) is 4. The van der Waals surface area contributed by atoms with Gasteiger partial charge in [0.15, 0.2) is 0 Å². The van der Waals surface area contributed by atoms with Gasteiger partial charge in [0.25, 0.3) is 0 Å². The van der Waals surface area contributed by atoms with E-state index in [2.05, 4.69) is 26.1 Å². The molecule has 7 nitrogen and oxygen atoms in total. The monoisotopic (exact) mass is 321 g/mol. The van der Waals surface area contributed by atoms with E-state index in [1.165, 1.54) is 5.69 Å². The van der Waals surface area contributed by atoms with E-state index in [9.17, 15) is 4.79 Å². The average Bonchev–Trinajstić information content (AvgIpc) is 3.04. The molecule has 3 rings (SSSR count). The molecule has 3 heterocycles. The van der Waals surface area contributed by atoms with Gasteiger partial charge in [0.1, 0.15) is 0 Å². The van der Waals surface area contributed by atoms with Crippen molar-refractivity contribution in [1.29, 1.82) is 0 Å². The van der Waals surface area contributed by atoms with E-state index in [1.807, 2.05) is 6.20 Å². The van der Waals surface area contributed by atoms with Gasteiger partial charge in [0.05, 0.1) is 11.7 Å². The number of carbonyl (C=O) groups excluding carboxylic acids is 1. The lowest BCUT2D eigenvalue weighted by Gasteiger charge is -2.40. The molecule has 1 aromatic rings. The van der Waals surface area contributed by atoms with Crippen LogP contribution in [0.5, 0.6) is 0 Å². The van der Waals surface area contributed by atoms with Gasteiger partial charge in [-0.25, -0.2) is 4.79 Å². The van der Waals surface area contributed by atoms with E-state index in [0.29, 0.717) is 18.6 Å². The van der Waals surface area contributed by atoms with Crippen molar-refractivity contribution in [2.75, 3.05) is 40.4 Å². The topological polar surface area (TPSA) is 62.6 Å². The fourth-order valence-corrected chi connectivity index (χ4v) is 3.46. The Kier molecular flexibility index (Phi) is 5.17. The lowest BCUT2D eigenvalue weighted by Crippen LogP contribution is -2.46. The predicted molar refractivity (Wildman–Crippen MR) is 87.2 cm³/mol. The summed E-state index contributed by atoms with van der Waals surface area (Å²) < 4.78 is 7.63. The van der Waals surface area contributed by atoms with Gasteiger partial charge >= 0.3 is 6.03 Å². The molecule has 0 saturated carbocycles. The lowest BCUT2D eigenvalue weighted by molar-refractivity contribution is 0.0158. The summed E-state index contributed by atoms with van der Waals surface area (Å²) in [5.41, 5.74) is 1.27. The lowest BCUT2D eigenvalue weighted by atomic mass is 10.0. The summed E-state index contributed by atoms with van der Waals surface area (Å²) in [7, 11) is 3.52. The highest BCUT2D eigenvalue weighted by Crippen LogP contribution is 2.27. The maximum absolute atomic E-state index is 11.7. The SMILES string of the molecule is CN(C)C(=O)NCC[C@@H]1CN(C2CCOCC2)Cc2ccnn21. The molecular weight excluding hydrogens is 294 g/mol. The average molecular weight is 321 g/mol. The molecule has 1 fully saturated rings. The molecule has 0 aliphatic carbocycles. The minimum absolute atomic E-state index is 0.0391. The van der Waals surface area contributed by atoms with Crippen molar-refractivity contribution in [2.45, 2.75) is 37.9 Å². The molecule has 1 aromatic heterocycles. The molecule has 0 radical (unpaired) electrons. The third kappa shape index (κ3) is 3.84. The molecular formula is C16H27N5O2. The van der Waals surface area contributed by atoms with E-state index in [0.717, 1.165) is 45.6 Å². The Morgan fingerprint density at radius 2 is 2.22 bits per heavy atom. The van der Waals surface area contributed by atoms with Crippen LogP contribution in [0.1, 0.15) is 31.0 Å². The van der Waals surface area contributed by atoms with Gasteiger partial charge < -0.3 is 15.0 Å². The Hall–Kier alpha value is -1.60. The van der Waals surface area contributed by atoms with Gasteiger partial charge in [0.2, 0.25) is 0 Å². The zero-order chi connectivity index (χ0) is 16.2. The van der Waals surface area contributed by atoms with Crippen molar-refractivity contribution in [3.63, 3.8) is 0 Å². The number of rotatable bonds is 4. The van der Waals surface area contributed by atoms with Crippen LogP contribution in [0.25, 0.3) is 0 Å². The van der Waals surface area contributed by atoms with Crippen molar-refractivity contribution in [3.8, 4) is 0 Å². The zero-order valence-electron chi connectivity index (χ0n) is 14.1. The first-order valence-corrected chi connectivity index (χ1v) is 8.44. The first kappa shape index (κ1) is 16.3. The molecule has 0 unspecified atom stereocenters. The van der Waals surface area contributed by atoms with Crippen LogP contribution in [0.4, 0.5) is 4.79 Å². The maximum atomic E-state index is 11.7. The molecule has 0 spiro atoms. The number of hydrogen-bond donors (Lipinski definition) is 1. The second kappa shape index (κ2) is 7.31. The first-order valence-electron chi connectivity index (χ1n) is 8.44. The number of ether oxygens (including phenoxy) is 1. The van der Waals surface area contributed by atoms with E-state index < -0.39 is 0 Å². The van der Waals surface area contributed by atoms with Crippen LogP contribution in [0.2, 0.25) is 0 Å². The van der Waals surface area contributed by atoms with Crippen LogP contribution in [0.3, 0.4) is 0 Å². The van der Waals surface area contributed by atoms with Gasteiger partial charge in [-0.15, -0.1) is 0 Å². The first-order chi connectivity index (χ1) is 11.1. The van der Waals surface area contributed by atoms with E-state index in [-0.39, 0.29) is 6.03 Å². The summed E-state index contributed by atoms with van der Waals surface area (Å²) in [6, 6.07) is 2.99. The van der Waals surface area contributed by atoms with E-state index in [1.54, 1.807) is 19.0 Å². The van der Waals surface area contributed by atoms with Gasteiger partial charge in [-0.05, 0) is 25.3 Å². The molecule has 128 valence electrons. The maximum Gasteiger partial charge on any atom is 0.316 e. The Morgan fingerprint density at radius 3 is 2.96 bits per heavy atom. The van der Waals surface area contributed by atoms with Crippen molar-refractivity contribution in [3.05, 3.63) is 18.0 Å². The van der Waals surface area contributed by atoms with Crippen molar-refractivity contribution < 1.29 is 9.53 Å². The number of urea groups is 1. The molecule has 1 atom stereocenters. The summed E-state index contributed by atoms with van der Waals surface area (Å²) in [6.45, 7) is 4.36. The van der Waals surface area contributed by atoms with Gasteiger partial charge in [-0.1, -0.05) is 0 Å². The van der Waals surface area contributed by atoms with E-state index >= 15 is 0 Å². The third-order valence-electron chi connectivity index (χ3n) is 4.78. The van der Waals surface area contributed by atoms with Gasteiger partial charge in [-0.3, -0.25) is 9.58 Å². The van der Waals surface area contributed by atoms with Crippen LogP contribution >= 0.6 is 0 Å². The molecule has 0 bridgehead atoms. The zero-order valence-corrected chi connectivity index (χ0v) is 14.1. The Bertz CT molecular complexity index is 524. The van der Waals surface area contributed by atoms with Crippen molar-refractivity contribution in [2.24, 2.45) is 0 Å². The van der Waals surface area contributed by atoms with Gasteiger partial charge in [-0.2, -0.15) is 5.10 Å². The highest BCUT2D eigenvalue weighted by molar-refractivity contribution is 5.73. The Balaban J connectivity index is 1.61. The molecule has 1 N–H and O–H groups in total. The molecule has 2 aliphatic heterocycles. The standard InChI is InChI=1S/C16H27N5O2/c1-19(2)16(22)17-7-3-14-11-20(13-5-9-23-10-6-13)12-15-4-8-18-21(14)15/h4,8,13-14H,3,5-7,9-12H2,1-2H3,(H,17,22)/t14-/m1/s1. The number of fused-ring (bicyclic) bond motifs is 1. The fraction of sp³-hybridized carbons (Fsp3) is 0.750. The molecule has 2 amide bonds. The predicted octanol–water partition coefficient (Wildman–Crippen LogP) is 1.08. The summed E-state index contributed by atoms with van der Waals surface area (Å²) in [4.78, 5) is 15.8. The summed E-state index contributed by atoms with van der Waals surface area (Å²) in [6.07, 6.45) is 5.00. The number of nitrogens with one attached hydrogen (secondary N) is 1. The fourth-order valence-electron chi connectivity index (χ4n) is 3.46. The molecule has 2 aliphatic rings. The largest absolute Gasteiger partial charge is 0.381 e. The number of carbonyl (C=O) groups is 1. The van der Waals surface area contributed by atoms with Gasteiger partial charge in [0, 0.05) is 59.2 Å². The van der Waals surface area contributed by atoms with E-state index in [4.69, 9.17) is 4.74 Å². The summed E-state index contributed by atoms with van der Waals surface area (Å²) >= 11 is 0. The van der Waals surface area contributed by atoms with Crippen LogP contribution in [-0.2, 0) is 11.3 Å². The van der Waals surface area contributed by atoms with Crippen LogP contribution in [-0.4, -0.2) is 72.1 Å². The minimum atomic E-state index is -0.0391. The minimum Gasteiger partial charge on any atom is -0.381 e. The third-order valence-corrected chi connectivity index (χ3v) is 4.78. The summed E-state index contributed by atoms with van der Waals surface area (Å²) in [5.74, 6) is 0. The van der Waals surface area contributed by atoms with Crippen molar-refractivity contribution >= 4 is 6.03 Å². The number of nitrogens with zero attached hydrogens (tertiary/aromatic N) is 4. The smallest absolute Gasteiger partial charge is 0.316 e. The molecule has 1 saturated heterocycles. The Morgan fingerprint density at radius 1 is 1.43 bits per heavy atom. The van der Waals surface area contributed by atoms with Crippen LogP contribution in [0.15, 0.2) is 12.3 Å².